The molecule has 1 rings (SSSR count). The molecule has 0 bridgehead atoms. The summed E-state index contributed by atoms with van der Waals surface area (Å²) in [5.41, 5.74) is 1.19. The van der Waals surface area contributed by atoms with E-state index in [0.29, 0.717) is 0 Å². The molecule has 0 aliphatic heterocycles. The number of halogens is 3. The van der Waals surface area contributed by atoms with Crippen molar-refractivity contribution < 1.29 is 14.1 Å². The number of para-hydroxylation sites is 1. The average molecular weight is 192 g/mol. The molecule has 0 aliphatic rings. The maximum atomic E-state index is 3.21. The van der Waals surface area contributed by atoms with Gasteiger partial charge in [0, 0.05) is 20.6 Å². The average Bonchev–Trinajstić information content (AvgIpc) is 1.91. The SMILES string of the molecule is CCNc1ccccc1.F.F.F.[B]. The summed E-state index contributed by atoms with van der Waals surface area (Å²) in [4.78, 5) is 0. The normalized spacial score (nSPS) is 6.23. The van der Waals surface area contributed by atoms with Crippen LogP contribution >= 0.6 is 0 Å². The second-order valence-electron chi connectivity index (χ2n) is 1.90. The van der Waals surface area contributed by atoms with E-state index in [4.69, 9.17) is 0 Å². The van der Waals surface area contributed by atoms with Crippen LogP contribution in [0, 0.1) is 0 Å². The van der Waals surface area contributed by atoms with Crippen LogP contribution in [0.15, 0.2) is 30.3 Å². The molecule has 0 amide bonds. The molecule has 0 aromatic heterocycles. The number of anilines is 1. The van der Waals surface area contributed by atoms with Crippen LogP contribution < -0.4 is 5.32 Å². The van der Waals surface area contributed by atoms with Crippen molar-refractivity contribution in [2.24, 2.45) is 0 Å². The summed E-state index contributed by atoms with van der Waals surface area (Å²) in [6.07, 6.45) is 0. The number of benzene rings is 1. The van der Waals surface area contributed by atoms with Gasteiger partial charge in [0.2, 0.25) is 0 Å². The van der Waals surface area contributed by atoms with Crippen molar-refractivity contribution in [3.05, 3.63) is 30.3 Å². The van der Waals surface area contributed by atoms with Gasteiger partial charge in [0.25, 0.3) is 0 Å². The fraction of sp³-hybridized carbons (Fsp3) is 0.250. The summed E-state index contributed by atoms with van der Waals surface area (Å²) >= 11 is 0. The molecule has 0 atom stereocenters. The minimum absolute atomic E-state index is 0. The van der Waals surface area contributed by atoms with E-state index in [1.54, 1.807) is 0 Å². The molecule has 13 heavy (non-hydrogen) atoms. The second-order valence-corrected chi connectivity index (χ2v) is 1.90. The molecule has 0 fully saturated rings. The topological polar surface area (TPSA) is 12.0 Å². The lowest BCUT2D eigenvalue weighted by Gasteiger charge is -1.99. The van der Waals surface area contributed by atoms with Crippen molar-refractivity contribution in [3.8, 4) is 0 Å². The Labute approximate surface area is 78.2 Å². The van der Waals surface area contributed by atoms with Gasteiger partial charge in [-0.3, -0.25) is 14.1 Å². The van der Waals surface area contributed by atoms with Crippen LogP contribution in [0.5, 0.6) is 0 Å². The monoisotopic (exact) mass is 192 g/mol. The predicted octanol–water partition coefficient (Wildman–Crippen LogP) is 2.20. The first-order valence-electron chi connectivity index (χ1n) is 3.22. The van der Waals surface area contributed by atoms with Gasteiger partial charge in [0.05, 0.1) is 0 Å². The first kappa shape index (κ1) is 22.6. The van der Waals surface area contributed by atoms with E-state index in [9.17, 15) is 0 Å². The van der Waals surface area contributed by atoms with E-state index in [1.807, 2.05) is 18.2 Å². The van der Waals surface area contributed by atoms with Crippen LogP contribution in [0.2, 0.25) is 0 Å². The Hall–Kier alpha value is -1.13. The molecule has 0 spiro atoms. The molecule has 3 radical (unpaired) electrons. The standard InChI is InChI=1S/C8H11N.B.3FH/c1-2-9-8-6-4-3-5-7-8;;;;/h3-7,9H,2H2,1H3;;3*1H. The lowest BCUT2D eigenvalue weighted by molar-refractivity contribution is 1.11. The summed E-state index contributed by atoms with van der Waals surface area (Å²) in [7, 11) is 0. The Bertz CT molecular complexity index is 172. The van der Waals surface area contributed by atoms with Crippen LogP contribution in [0.25, 0.3) is 0 Å². The Balaban J connectivity index is -0.000000101. The zero-order valence-corrected chi connectivity index (χ0v) is 7.40. The number of hydrogen-bond donors (Lipinski definition) is 1. The molecule has 0 heterocycles. The highest BCUT2D eigenvalue weighted by Crippen LogP contribution is 2.02. The zero-order chi connectivity index (χ0) is 6.53. The Kier molecular flexibility index (Phi) is 23.5. The minimum atomic E-state index is 0. The highest BCUT2D eigenvalue weighted by atomic mass is 19.0. The van der Waals surface area contributed by atoms with Crippen molar-refractivity contribution >= 4 is 14.1 Å². The molecule has 1 aromatic rings. The van der Waals surface area contributed by atoms with Gasteiger partial charge in [0.1, 0.15) is 0 Å². The maximum Gasteiger partial charge on any atom is 0.0340 e. The van der Waals surface area contributed by atoms with Gasteiger partial charge >= 0.3 is 0 Å². The van der Waals surface area contributed by atoms with Crippen LogP contribution in [-0.2, 0) is 0 Å². The molecule has 5 heteroatoms. The van der Waals surface area contributed by atoms with Gasteiger partial charge in [-0.2, -0.15) is 0 Å². The Morgan fingerprint density at radius 2 is 1.46 bits per heavy atom. The quantitative estimate of drug-likeness (QED) is 0.708. The number of nitrogens with one attached hydrogen (secondary N) is 1. The van der Waals surface area contributed by atoms with Crippen molar-refractivity contribution in [2.45, 2.75) is 6.92 Å². The van der Waals surface area contributed by atoms with E-state index in [2.05, 4.69) is 24.4 Å². The van der Waals surface area contributed by atoms with Crippen LogP contribution in [0.4, 0.5) is 19.8 Å². The molecule has 1 N–H and O–H groups in total. The van der Waals surface area contributed by atoms with E-state index in [0.717, 1.165) is 6.54 Å². The van der Waals surface area contributed by atoms with E-state index < -0.39 is 0 Å². The predicted molar refractivity (Wildman–Crippen MR) is 53.9 cm³/mol. The number of rotatable bonds is 2. The third-order valence-electron chi connectivity index (χ3n) is 1.15. The van der Waals surface area contributed by atoms with Gasteiger partial charge in [-0.25, -0.2) is 0 Å². The highest BCUT2D eigenvalue weighted by molar-refractivity contribution is 5.75. The van der Waals surface area contributed by atoms with Crippen molar-refractivity contribution in [1.29, 1.82) is 0 Å². The molecule has 1 nitrogen and oxygen atoms in total. The zero-order valence-electron chi connectivity index (χ0n) is 7.40. The molecule has 0 unspecified atom stereocenters. The highest BCUT2D eigenvalue weighted by Gasteiger charge is 1.81. The van der Waals surface area contributed by atoms with E-state index >= 15 is 0 Å². The summed E-state index contributed by atoms with van der Waals surface area (Å²) in [5.74, 6) is 0. The largest absolute Gasteiger partial charge is 0.385 e. The van der Waals surface area contributed by atoms with E-state index in [-0.39, 0.29) is 22.5 Å². The third-order valence-corrected chi connectivity index (χ3v) is 1.15. The summed E-state index contributed by atoms with van der Waals surface area (Å²) in [6.45, 7) is 3.08. The van der Waals surface area contributed by atoms with Crippen molar-refractivity contribution in [1.82, 2.24) is 0 Å². The second kappa shape index (κ2) is 13.5. The van der Waals surface area contributed by atoms with Crippen LogP contribution in [-0.4, -0.2) is 15.0 Å². The Morgan fingerprint density at radius 1 is 1.00 bits per heavy atom. The molecule has 0 aliphatic carbocycles. The maximum absolute atomic E-state index is 3.21. The number of hydrogen-bond acceptors (Lipinski definition) is 1. The smallest absolute Gasteiger partial charge is 0.0340 e. The first-order chi connectivity index (χ1) is 4.43. The van der Waals surface area contributed by atoms with Gasteiger partial charge in [-0.1, -0.05) is 18.2 Å². The Morgan fingerprint density at radius 3 is 1.85 bits per heavy atom. The third kappa shape index (κ3) is 8.78. The molecule has 0 saturated heterocycles. The van der Waals surface area contributed by atoms with Crippen molar-refractivity contribution in [3.63, 3.8) is 0 Å². The van der Waals surface area contributed by atoms with Gasteiger partial charge < -0.3 is 5.32 Å². The summed E-state index contributed by atoms with van der Waals surface area (Å²) in [6, 6.07) is 10.2. The fourth-order valence-electron chi connectivity index (χ4n) is 0.760. The molecule has 0 saturated carbocycles. The van der Waals surface area contributed by atoms with Crippen LogP contribution in [0.1, 0.15) is 6.92 Å². The van der Waals surface area contributed by atoms with Gasteiger partial charge in [-0.05, 0) is 19.1 Å². The van der Waals surface area contributed by atoms with E-state index in [1.165, 1.54) is 5.69 Å². The molecule has 1 aromatic carbocycles. The van der Waals surface area contributed by atoms with Crippen LogP contribution in [0.3, 0.4) is 0 Å². The fourth-order valence-corrected chi connectivity index (χ4v) is 0.760. The molecule has 75 valence electrons. The van der Waals surface area contributed by atoms with Gasteiger partial charge in [0.15, 0.2) is 0 Å². The minimum Gasteiger partial charge on any atom is -0.385 e. The van der Waals surface area contributed by atoms with Crippen molar-refractivity contribution in [2.75, 3.05) is 11.9 Å². The lowest BCUT2D eigenvalue weighted by Crippen LogP contribution is -1.94. The first-order valence-corrected chi connectivity index (χ1v) is 3.22. The molecular weight excluding hydrogens is 178 g/mol. The molecular formula is C8H14BF3N. The summed E-state index contributed by atoms with van der Waals surface area (Å²) < 4.78 is 0. The lowest BCUT2D eigenvalue weighted by atomic mass is 10.3. The van der Waals surface area contributed by atoms with Gasteiger partial charge in [-0.15, -0.1) is 0 Å². The summed E-state index contributed by atoms with van der Waals surface area (Å²) in [5, 5.41) is 3.21.